The van der Waals surface area contributed by atoms with E-state index in [0.29, 0.717) is 21.4 Å². The molecular weight excluding hydrogens is 663 g/mol. The lowest BCUT2D eigenvalue weighted by atomic mass is 9.72. The van der Waals surface area contributed by atoms with E-state index in [9.17, 15) is 9.59 Å². The highest BCUT2D eigenvalue weighted by atomic mass is 35.5. The number of halogens is 2. The zero-order chi connectivity index (χ0) is 37.4. The van der Waals surface area contributed by atoms with E-state index in [1.54, 1.807) is 24.5 Å². The van der Waals surface area contributed by atoms with Crippen LogP contribution in [0, 0.1) is 21.7 Å². The van der Waals surface area contributed by atoms with E-state index in [0.717, 1.165) is 44.6 Å². The van der Waals surface area contributed by atoms with Crippen molar-refractivity contribution in [3.05, 3.63) is 117 Å². The monoisotopic (exact) mass is 710 g/mol. The third kappa shape index (κ3) is 9.21. The first-order valence-electron chi connectivity index (χ1n) is 16.8. The second-order valence-corrected chi connectivity index (χ2v) is 17.7. The fourth-order valence-electron chi connectivity index (χ4n) is 5.54. The molecule has 0 saturated carbocycles. The highest BCUT2D eigenvalue weighted by molar-refractivity contribution is 6.37. The molecule has 2 aromatic rings. The van der Waals surface area contributed by atoms with Gasteiger partial charge in [0.15, 0.2) is 11.6 Å². The van der Waals surface area contributed by atoms with Gasteiger partial charge in [-0.15, -0.1) is 5.11 Å². The van der Waals surface area contributed by atoms with Crippen molar-refractivity contribution in [2.45, 2.75) is 83.1 Å². The summed E-state index contributed by atoms with van der Waals surface area (Å²) in [5.74, 6) is 0.148. The zero-order valence-electron chi connectivity index (χ0n) is 31.3. The van der Waals surface area contributed by atoms with Gasteiger partial charge in [0, 0.05) is 27.9 Å². The first-order chi connectivity index (χ1) is 23.0. The molecule has 4 rings (SSSR count). The van der Waals surface area contributed by atoms with Crippen molar-refractivity contribution in [3.63, 3.8) is 0 Å². The number of hydrogen-bond acceptors (Lipinski definition) is 6. The molecule has 0 aliphatic heterocycles. The molecule has 50 heavy (non-hydrogen) atoms. The number of rotatable bonds is 5. The second-order valence-electron chi connectivity index (χ2n) is 16.9. The average molecular weight is 712 g/mol. The Morgan fingerprint density at radius 1 is 0.520 bits per heavy atom. The van der Waals surface area contributed by atoms with Crippen LogP contribution in [0.3, 0.4) is 0 Å². The maximum Gasteiger partial charge on any atom is 0.186 e. The molecule has 0 spiro atoms. The fraction of sp³-hybridized carbons (Fsp3) is 0.381. The average Bonchev–Trinajstić information content (AvgIpc) is 2.98. The molecule has 0 fully saturated rings. The standard InChI is InChI=1S/C42H48Cl2N4O2/c1-39(2,3)30-17-25(18-31(37(30)49)40(4,5)6)23-45-47-28-15-13-27(14-16-28)29-21-35(44)36(22-34(29)43)48-46-24-26-19-32(41(7,8)9)38(50)33(20-26)42(10,11)12/h13-24H,1-12H3/b47-45+,48-46+. The van der Waals surface area contributed by atoms with Gasteiger partial charge in [0.25, 0.3) is 0 Å². The third-order valence-corrected chi connectivity index (χ3v) is 9.04. The summed E-state index contributed by atoms with van der Waals surface area (Å²) in [6.45, 7) is 24.4. The van der Waals surface area contributed by atoms with Gasteiger partial charge in [-0.1, -0.05) is 118 Å². The van der Waals surface area contributed by atoms with E-state index < -0.39 is 0 Å². The van der Waals surface area contributed by atoms with Gasteiger partial charge >= 0.3 is 0 Å². The van der Waals surface area contributed by atoms with E-state index >= 15 is 0 Å². The molecular formula is C42H48Cl2N4O2. The van der Waals surface area contributed by atoms with Crippen molar-refractivity contribution in [1.82, 2.24) is 0 Å². The van der Waals surface area contributed by atoms with Crippen LogP contribution < -0.4 is 0 Å². The van der Waals surface area contributed by atoms with Gasteiger partial charge in [0.05, 0.1) is 28.1 Å². The highest BCUT2D eigenvalue weighted by Crippen LogP contribution is 2.41. The Labute approximate surface area is 307 Å². The van der Waals surface area contributed by atoms with Crippen LogP contribution in [-0.4, -0.2) is 11.6 Å². The first kappa shape index (κ1) is 38.8. The molecule has 2 aliphatic rings. The smallest absolute Gasteiger partial charge is 0.186 e. The molecule has 0 N–H and O–H groups in total. The molecule has 0 radical (unpaired) electrons. The summed E-state index contributed by atoms with van der Waals surface area (Å²) < 4.78 is 0. The Bertz CT molecular complexity index is 1890. The maximum atomic E-state index is 13.2. The van der Waals surface area contributed by atoms with Crippen molar-refractivity contribution in [3.8, 4) is 11.1 Å². The molecule has 0 bridgehead atoms. The number of azo groups is 2. The Balaban J connectivity index is 1.55. The largest absolute Gasteiger partial charge is 0.289 e. The van der Waals surface area contributed by atoms with Crippen LogP contribution in [0.2, 0.25) is 10.0 Å². The van der Waals surface area contributed by atoms with Crippen molar-refractivity contribution in [2.24, 2.45) is 42.1 Å². The summed E-state index contributed by atoms with van der Waals surface area (Å²) in [7, 11) is 0. The number of ketones is 2. The minimum absolute atomic E-state index is 0.0652. The fourth-order valence-corrected chi connectivity index (χ4v) is 6.01. The Kier molecular flexibility index (Phi) is 11.1. The van der Waals surface area contributed by atoms with Crippen LogP contribution in [0.15, 0.2) is 127 Å². The number of benzene rings is 2. The molecule has 0 aromatic heterocycles. The predicted molar refractivity (Wildman–Crippen MR) is 207 cm³/mol. The van der Waals surface area contributed by atoms with Crippen molar-refractivity contribution in [1.29, 1.82) is 0 Å². The molecule has 0 atom stereocenters. The molecule has 0 unspecified atom stereocenters. The number of Topliss-reactive ketones (excluding diaryl/α,β-unsaturated/α-hetero) is 2. The third-order valence-electron chi connectivity index (χ3n) is 8.42. The SMILES string of the molecule is CC(C)(C)C1=CC(=C/N=N/c2ccc(-c3cc(Cl)c(/N=N/C=C4C=C(C(C)(C)C)C(=O)C(C(C)(C)C)=C4)cc3Cl)cc2)C=C(C(C)(C)C)C1=O. The molecule has 6 nitrogen and oxygen atoms in total. The number of hydrogen-bond donors (Lipinski definition) is 0. The Morgan fingerprint density at radius 3 is 1.28 bits per heavy atom. The number of carbonyl (C=O) groups is 2. The van der Waals surface area contributed by atoms with Gasteiger partial charge in [-0.05, 0) is 86.9 Å². The molecule has 8 heteroatoms. The molecule has 0 amide bonds. The molecule has 2 aliphatic carbocycles. The predicted octanol–water partition coefficient (Wildman–Crippen LogP) is 13.7. The Morgan fingerprint density at radius 2 is 0.900 bits per heavy atom. The topological polar surface area (TPSA) is 83.6 Å². The van der Waals surface area contributed by atoms with Crippen LogP contribution in [0.4, 0.5) is 11.4 Å². The number of carbonyl (C=O) groups excluding carboxylic acids is 2. The first-order valence-corrected chi connectivity index (χ1v) is 17.5. The van der Waals surface area contributed by atoms with Crippen molar-refractivity contribution in [2.75, 3.05) is 0 Å². The molecule has 0 heterocycles. The van der Waals surface area contributed by atoms with E-state index in [4.69, 9.17) is 23.2 Å². The lowest BCUT2D eigenvalue weighted by Crippen LogP contribution is -2.27. The van der Waals surface area contributed by atoms with Gasteiger partial charge < -0.3 is 0 Å². The summed E-state index contributed by atoms with van der Waals surface area (Å²) in [6.07, 6.45) is 10.9. The van der Waals surface area contributed by atoms with Gasteiger partial charge in [-0.25, -0.2) is 0 Å². The van der Waals surface area contributed by atoms with Crippen LogP contribution >= 0.6 is 23.2 Å². The van der Waals surface area contributed by atoms with E-state index in [1.165, 1.54) is 0 Å². The summed E-state index contributed by atoms with van der Waals surface area (Å²) in [5, 5.41) is 18.2. The number of nitrogens with zero attached hydrogens (tertiary/aromatic N) is 4. The van der Waals surface area contributed by atoms with E-state index in [2.05, 4.69) is 20.5 Å². The van der Waals surface area contributed by atoms with Gasteiger partial charge in [0.2, 0.25) is 0 Å². The summed E-state index contributed by atoms with van der Waals surface area (Å²) in [6, 6.07) is 11.0. The van der Waals surface area contributed by atoms with Crippen LogP contribution in [0.25, 0.3) is 11.1 Å². The maximum absolute atomic E-state index is 13.2. The van der Waals surface area contributed by atoms with E-state index in [-0.39, 0.29) is 33.2 Å². The quantitative estimate of drug-likeness (QED) is 0.289. The minimum atomic E-state index is -0.316. The van der Waals surface area contributed by atoms with Gasteiger partial charge in [-0.2, -0.15) is 15.3 Å². The van der Waals surface area contributed by atoms with Crippen LogP contribution in [0.1, 0.15) is 83.1 Å². The number of allylic oxidation sites excluding steroid dienone is 10. The van der Waals surface area contributed by atoms with E-state index in [1.807, 2.05) is 132 Å². The molecule has 262 valence electrons. The van der Waals surface area contributed by atoms with Gasteiger partial charge in [0.1, 0.15) is 5.69 Å². The highest BCUT2D eigenvalue weighted by Gasteiger charge is 2.35. The summed E-state index contributed by atoms with van der Waals surface area (Å²) in [5.41, 5.74) is 6.09. The van der Waals surface area contributed by atoms with Crippen molar-refractivity contribution >= 4 is 46.1 Å². The van der Waals surface area contributed by atoms with Crippen LogP contribution in [0.5, 0.6) is 0 Å². The summed E-state index contributed by atoms with van der Waals surface area (Å²) in [4.78, 5) is 26.4. The molecule has 2 aromatic carbocycles. The summed E-state index contributed by atoms with van der Waals surface area (Å²) >= 11 is 13.4. The Hall–Kier alpha value is -4.00. The minimum Gasteiger partial charge on any atom is -0.289 e. The lowest BCUT2D eigenvalue weighted by Gasteiger charge is -2.31. The van der Waals surface area contributed by atoms with Gasteiger partial charge in [-0.3, -0.25) is 9.59 Å². The zero-order valence-corrected chi connectivity index (χ0v) is 32.8. The van der Waals surface area contributed by atoms with Crippen LogP contribution in [-0.2, 0) is 9.59 Å². The van der Waals surface area contributed by atoms with Crippen molar-refractivity contribution < 1.29 is 9.59 Å². The second kappa shape index (κ2) is 14.3. The lowest BCUT2D eigenvalue weighted by molar-refractivity contribution is -0.114. The molecule has 0 saturated heterocycles. The normalized spacial score (nSPS) is 16.5.